The largest absolute Gasteiger partial charge is 0.493 e. The van der Waals surface area contributed by atoms with Crippen molar-refractivity contribution in [1.82, 2.24) is 5.32 Å². The van der Waals surface area contributed by atoms with Crippen LogP contribution in [0.5, 0.6) is 11.5 Å². The van der Waals surface area contributed by atoms with Crippen molar-refractivity contribution in [2.75, 3.05) is 27.4 Å². The van der Waals surface area contributed by atoms with E-state index >= 15 is 0 Å². The van der Waals surface area contributed by atoms with E-state index in [-0.39, 0.29) is 23.8 Å². The zero-order chi connectivity index (χ0) is 28.2. The van der Waals surface area contributed by atoms with Gasteiger partial charge in [0.05, 0.1) is 19.8 Å². The number of methoxy groups -OCH3 is 2. The highest BCUT2D eigenvalue weighted by Gasteiger charge is 2.33. The minimum atomic E-state index is -0.730. The second-order valence-corrected chi connectivity index (χ2v) is 11.7. The Balaban J connectivity index is 2.04. The summed E-state index contributed by atoms with van der Waals surface area (Å²) in [6.07, 6.45) is 5.39. The first-order valence-electron chi connectivity index (χ1n) is 14.6. The summed E-state index contributed by atoms with van der Waals surface area (Å²) < 4.78 is 16.6. The number of hydrogen-bond acceptors (Lipinski definition) is 6. The van der Waals surface area contributed by atoms with Crippen molar-refractivity contribution >= 4 is 5.91 Å². The Morgan fingerprint density at radius 3 is 2.39 bits per heavy atom. The summed E-state index contributed by atoms with van der Waals surface area (Å²) >= 11 is 0. The van der Waals surface area contributed by atoms with Crippen molar-refractivity contribution in [2.24, 2.45) is 35.3 Å². The fourth-order valence-corrected chi connectivity index (χ4v) is 5.17. The lowest BCUT2D eigenvalue weighted by Gasteiger charge is -2.31. The van der Waals surface area contributed by atoms with Gasteiger partial charge in [0, 0.05) is 38.1 Å². The molecule has 1 aliphatic rings. The number of aliphatic hydroxyl groups excluding tert-OH is 1. The van der Waals surface area contributed by atoms with Gasteiger partial charge < -0.3 is 30.4 Å². The minimum absolute atomic E-state index is 0.0420. The predicted molar refractivity (Wildman–Crippen MR) is 154 cm³/mol. The minimum Gasteiger partial charge on any atom is -0.493 e. The van der Waals surface area contributed by atoms with Gasteiger partial charge in [0.1, 0.15) is 0 Å². The van der Waals surface area contributed by atoms with Gasteiger partial charge in [-0.2, -0.15) is 0 Å². The summed E-state index contributed by atoms with van der Waals surface area (Å²) in [5, 5.41) is 14.3. The first-order chi connectivity index (χ1) is 18.1. The molecule has 218 valence electrons. The third-order valence-electron chi connectivity index (χ3n) is 8.33. The van der Waals surface area contributed by atoms with Crippen LogP contribution in [-0.2, 0) is 16.0 Å². The van der Waals surface area contributed by atoms with Crippen LogP contribution < -0.4 is 20.5 Å². The standard InChI is InChI=1S/C31H54N2O5/c1-8-21(4)25(16-23-10-13-29(37-7)30(17-23)38-15-9-14-36-6)18-27(32)28(34)19-26(20(2)3)31(35)33-22(5)24-11-12-24/h10,13,17,20-22,24-28,34H,8-9,11-12,14-16,18-19,32H2,1-7H3,(H,33,35)/t21?,22-,25+,26+,27+,28+/m1/s1. The molecular formula is C31H54N2O5. The lowest BCUT2D eigenvalue weighted by atomic mass is 9.79. The molecule has 0 saturated heterocycles. The summed E-state index contributed by atoms with van der Waals surface area (Å²) in [4.78, 5) is 13.0. The number of rotatable bonds is 19. The van der Waals surface area contributed by atoms with Crippen molar-refractivity contribution in [2.45, 2.75) is 97.8 Å². The number of aliphatic hydroxyl groups is 1. The third kappa shape index (κ3) is 10.4. The van der Waals surface area contributed by atoms with Gasteiger partial charge in [0.2, 0.25) is 5.91 Å². The lowest BCUT2D eigenvalue weighted by Crippen LogP contribution is -2.44. The molecule has 38 heavy (non-hydrogen) atoms. The van der Waals surface area contributed by atoms with Crippen molar-refractivity contribution < 1.29 is 24.1 Å². The van der Waals surface area contributed by atoms with Gasteiger partial charge in [-0.3, -0.25) is 4.79 Å². The molecule has 1 unspecified atom stereocenters. The Morgan fingerprint density at radius 2 is 1.82 bits per heavy atom. The average molecular weight is 535 g/mol. The molecular weight excluding hydrogens is 480 g/mol. The highest BCUT2D eigenvalue weighted by Crippen LogP contribution is 2.34. The quantitative estimate of drug-likeness (QED) is 0.217. The van der Waals surface area contributed by atoms with E-state index in [1.807, 2.05) is 19.9 Å². The highest BCUT2D eigenvalue weighted by atomic mass is 16.5. The van der Waals surface area contributed by atoms with Crippen LogP contribution in [0.3, 0.4) is 0 Å². The van der Waals surface area contributed by atoms with Crippen molar-refractivity contribution in [3.05, 3.63) is 23.8 Å². The van der Waals surface area contributed by atoms with Crippen LogP contribution in [0.4, 0.5) is 0 Å². The number of nitrogens with two attached hydrogens (primary N) is 1. The van der Waals surface area contributed by atoms with E-state index in [1.54, 1.807) is 14.2 Å². The maximum absolute atomic E-state index is 13.0. The van der Waals surface area contributed by atoms with Crippen LogP contribution in [0.15, 0.2) is 18.2 Å². The molecule has 7 heteroatoms. The van der Waals surface area contributed by atoms with Crippen molar-refractivity contribution in [3.63, 3.8) is 0 Å². The number of ether oxygens (including phenoxy) is 3. The van der Waals surface area contributed by atoms with Crippen molar-refractivity contribution in [1.29, 1.82) is 0 Å². The molecule has 0 bridgehead atoms. The monoisotopic (exact) mass is 534 g/mol. The normalized spacial score (nSPS) is 18.4. The van der Waals surface area contributed by atoms with Crippen LogP contribution in [0, 0.1) is 29.6 Å². The first-order valence-corrected chi connectivity index (χ1v) is 14.6. The molecule has 0 radical (unpaired) electrons. The van der Waals surface area contributed by atoms with E-state index in [0.717, 1.165) is 30.6 Å². The number of nitrogens with one attached hydrogen (secondary N) is 1. The Kier molecular flexibility index (Phi) is 13.9. The third-order valence-corrected chi connectivity index (χ3v) is 8.33. The molecule has 7 nitrogen and oxygen atoms in total. The zero-order valence-electron chi connectivity index (χ0n) is 24.9. The number of carbonyl (C=O) groups excluding carboxylic acids is 1. The van der Waals surface area contributed by atoms with Gasteiger partial charge >= 0.3 is 0 Å². The van der Waals surface area contributed by atoms with Crippen molar-refractivity contribution in [3.8, 4) is 11.5 Å². The van der Waals surface area contributed by atoms with E-state index < -0.39 is 12.1 Å². The van der Waals surface area contributed by atoms with Gasteiger partial charge in [-0.25, -0.2) is 0 Å². The number of amides is 1. The fourth-order valence-electron chi connectivity index (χ4n) is 5.17. The molecule has 1 saturated carbocycles. The molecule has 6 atom stereocenters. The fraction of sp³-hybridized carbons (Fsp3) is 0.774. The van der Waals surface area contributed by atoms with E-state index in [2.05, 4.69) is 38.2 Å². The van der Waals surface area contributed by atoms with Crippen LogP contribution in [0.25, 0.3) is 0 Å². The summed E-state index contributed by atoms with van der Waals surface area (Å²) in [5.74, 6) is 2.70. The summed E-state index contributed by atoms with van der Waals surface area (Å²) in [6, 6.07) is 5.90. The number of hydrogen-bond donors (Lipinski definition) is 3. The topological polar surface area (TPSA) is 103 Å². The number of carbonyl (C=O) groups is 1. The lowest BCUT2D eigenvalue weighted by molar-refractivity contribution is -0.128. The predicted octanol–water partition coefficient (Wildman–Crippen LogP) is 4.97. The maximum atomic E-state index is 13.0. The van der Waals surface area contributed by atoms with Gasteiger partial charge in [0.25, 0.3) is 0 Å². The summed E-state index contributed by atoms with van der Waals surface area (Å²) in [7, 11) is 3.34. The molecule has 0 heterocycles. The zero-order valence-corrected chi connectivity index (χ0v) is 24.9. The average Bonchev–Trinajstić information content (AvgIpc) is 3.74. The smallest absolute Gasteiger partial charge is 0.223 e. The van der Waals surface area contributed by atoms with E-state index in [1.165, 1.54) is 12.8 Å². The molecule has 1 aromatic rings. The Bertz CT molecular complexity index is 828. The molecule has 2 rings (SSSR count). The summed E-state index contributed by atoms with van der Waals surface area (Å²) in [6.45, 7) is 11.8. The highest BCUT2D eigenvalue weighted by molar-refractivity contribution is 5.79. The Morgan fingerprint density at radius 1 is 1.11 bits per heavy atom. The van der Waals surface area contributed by atoms with Crippen LogP contribution in [-0.4, -0.2) is 56.6 Å². The first kappa shape index (κ1) is 32.4. The summed E-state index contributed by atoms with van der Waals surface area (Å²) in [5.41, 5.74) is 7.76. The molecule has 0 aliphatic heterocycles. The van der Waals surface area contributed by atoms with E-state index in [4.69, 9.17) is 19.9 Å². The van der Waals surface area contributed by atoms with Gasteiger partial charge in [-0.05, 0) is 80.4 Å². The molecule has 0 aromatic heterocycles. The van der Waals surface area contributed by atoms with E-state index in [9.17, 15) is 9.90 Å². The van der Waals surface area contributed by atoms with Crippen LogP contribution >= 0.6 is 0 Å². The number of benzene rings is 1. The van der Waals surface area contributed by atoms with Gasteiger partial charge in [-0.15, -0.1) is 0 Å². The molecule has 1 amide bonds. The van der Waals surface area contributed by atoms with Gasteiger partial charge in [0.15, 0.2) is 11.5 Å². The van der Waals surface area contributed by atoms with Crippen LogP contribution in [0.1, 0.15) is 78.7 Å². The van der Waals surface area contributed by atoms with E-state index in [0.29, 0.717) is 49.6 Å². The Hall–Kier alpha value is -1.83. The van der Waals surface area contributed by atoms with Gasteiger partial charge in [-0.1, -0.05) is 40.2 Å². The molecule has 4 N–H and O–H groups in total. The Labute approximate surface area is 231 Å². The van der Waals surface area contributed by atoms with Crippen LogP contribution in [0.2, 0.25) is 0 Å². The molecule has 1 aromatic carbocycles. The molecule has 1 aliphatic carbocycles. The molecule has 0 spiro atoms. The maximum Gasteiger partial charge on any atom is 0.223 e. The SMILES string of the molecule is CCC(C)[C@@H](Cc1ccc(OC)c(OCCCOC)c1)C[C@H](N)[C@@H](O)C[C@H](C(=O)N[C@H](C)C1CC1)C(C)C. The second kappa shape index (κ2) is 16.3. The molecule has 1 fully saturated rings. The second-order valence-electron chi connectivity index (χ2n) is 11.7.